The molecule has 0 spiro atoms. The van der Waals surface area contributed by atoms with Gasteiger partial charge in [-0.25, -0.2) is 13.6 Å². The van der Waals surface area contributed by atoms with Crippen LogP contribution in [0.4, 0.5) is 8.78 Å². The summed E-state index contributed by atoms with van der Waals surface area (Å²) in [6, 6.07) is 3.28. The van der Waals surface area contributed by atoms with Crippen LogP contribution in [0.15, 0.2) is 32.2 Å². The second kappa shape index (κ2) is 10.3. The van der Waals surface area contributed by atoms with E-state index < -0.39 is 22.9 Å². The van der Waals surface area contributed by atoms with Gasteiger partial charge in [0, 0.05) is 25.6 Å². The van der Waals surface area contributed by atoms with Crippen LogP contribution < -0.4 is 11.2 Å². The molecule has 0 bridgehead atoms. The number of unbranched alkanes of at least 4 members (excludes halogenated alkanes) is 2. The van der Waals surface area contributed by atoms with Crippen molar-refractivity contribution in [3.8, 4) is 0 Å². The maximum Gasteiger partial charge on any atom is 0.332 e. The van der Waals surface area contributed by atoms with Gasteiger partial charge < -0.3 is 9.40 Å². The Labute approximate surface area is 197 Å². The van der Waals surface area contributed by atoms with Crippen LogP contribution in [0.5, 0.6) is 0 Å². The minimum absolute atomic E-state index is 0.0261. The molecule has 0 aliphatic heterocycles. The van der Waals surface area contributed by atoms with Crippen molar-refractivity contribution in [3.63, 3.8) is 0 Å². The van der Waals surface area contributed by atoms with E-state index in [0.29, 0.717) is 25.3 Å². The number of nitrogens with zero attached hydrogens (tertiary/aromatic N) is 5. The van der Waals surface area contributed by atoms with Crippen LogP contribution in [-0.4, -0.2) is 29.3 Å². The summed E-state index contributed by atoms with van der Waals surface area (Å²) in [5.74, 6) is -0.879. The van der Waals surface area contributed by atoms with Crippen molar-refractivity contribution in [3.05, 3.63) is 73.3 Å². The van der Waals surface area contributed by atoms with Crippen LogP contribution in [-0.2, 0) is 25.9 Å². The highest BCUT2D eigenvalue weighted by Gasteiger charge is 2.17. The lowest BCUT2D eigenvalue weighted by Crippen LogP contribution is -2.40. The standard InChI is InChI=1S/C22H23ClF2N6O3/c1-2-3-4-9-30-19-18(26-21(23)27-19)20(32)31(22(30)33)10-5-6-16-28-29-17(34-16)11-13-7-8-14(24)12-15(13)25/h7-8,12H,2-6,9-11H2,1H3,(H,26,27). The highest BCUT2D eigenvalue weighted by atomic mass is 35.5. The molecule has 4 aromatic rings. The number of hydrogen-bond acceptors (Lipinski definition) is 6. The van der Waals surface area contributed by atoms with Crippen LogP contribution in [0.3, 0.4) is 0 Å². The molecule has 1 aromatic carbocycles. The van der Waals surface area contributed by atoms with Gasteiger partial charge in [0.25, 0.3) is 5.56 Å². The molecule has 9 nitrogen and oxygen atoms in total. The predicted octanol–water partition coefficient (Wildman–Crippen LogP) is 3.61. The second-order valence-corrected chi connectivity index (χ2v) is 8.29. The van der Waals surface area contributed by atoms with Crippen molar-refractivity contribution < 1.29 is 13.2 Å². The molecule has 180 valence electrons. The van der Waals surface area contributed by atoms with Crippen LogP contribution in [0.2, 0.25) is 5.28 Å². The molecular weight excluding hydrogens is 470 g/mol. The first-order valence-electron chi connectivity index (χ1n) is 11.0. The molecule has 0 aliphatic carbocycles. The molecule has 3 aromatic heterocycles. The molecule has 0 radical (unpaired) electrons. The number of halogens is 3. The quantitative estimate of drug-likeness (QED) is 0.267. The van der Waals surface area contributed by atoms with Crippen molar-refractivity contribution >= 4 is 22.8 Å². The zero-order valence-electron chi connectivity index (χ0n) is 18.5. The summed E-state index contributed by atoms with van der Waals surface area (Å²) in [5, 5.41) is 7.88. The summed E-state index contributed by atoms with van der Waals surface area (Å²) in [7, 11) is 0. The van der Waals surface area contributed by atoms with E-state index in [0.717, 1.165) is 36.0 Å². The fourth-order valence-electron chi connectivity index (χ4n) is 3.73. The number of hydrogen-bond donors (Lipinski definition) is 1. The van der Waals surface area contributed by atoms with Gasteiger partial charge >= 0.3 is 5.69 Å². The Morgan fingerprint density at radius 2 is 1.82 bits per heavy atom. The zero-order chi connectivity index (χ0) is 24.2. The fraction of sp³-hybridized carbons (Fsp3) is 0.409. The first-order valence-corrected chi connectivity index (χ1v) is 11.4. The maximum absolute atomic E-state index is 13.8. The van der Waals surface area contributed by atoms with Crippen molar-refractivity contribution in [1.82, 2.24) is 29.3 Å². The fourth-order valence-corrected chi connectivity index (χ4v) is 3.91. The van der Waals surface area contributed by atoms with Crippen LogP contribution in [0.25, 0.3) is 11.2 Å². The third kappa shape index (κ3) is 5.09. The van der Waals surface area contributed by atoms with E-state index in [9.17, 15) is 18.4 Å². The van der Waals surface area contributed by atoms with Crippen molar-refractivity contribution in [2.75, 3.05) is 0 Å². The average molecular weight is 493 g/mol. The molecule has 0 aliphatic rings. The van der Waals surface area contributed by atoms with Gasteiger partial charge in [-0.3, -0.25) is 13.9 Å². The molecule has 0 amide bonds. The van der Waals surface area contributed by atoms with E-state index in [1.54, 1.807) is 0 Å². The Morgan fingerprint density at radius 3 is 2.59 bits per heavy atom. The Hall–Kier alpha value is -3.34. The summed E-state index contributed by atoms with van der Waals surface area (Å²) < 4.78 is 35.1. The van der Waals surface area contributed by atoms with Gasteiger partial charge in [0.1, 0.15) is 11.6 Å². The molecule has 12 heteroatoms. The van der Waals surface area contributed by atoms with E-state index in [-0.39, 0.29) is 40.9 Å². The Kier molecular flexibility index (Phi) is 7.20. The molecule has 3 heterocycles. The van der Waals surface area contributed by atoms with E-state index in [1.165, 1.54) is 10.6 Å². The molecule has 34 heavy (non-hydrogen) atoms. The molecule has 1 N–H and O–H groups in total. The smallest absolute Gasteiger partial charge is 0.332 e. The highest BCUT2D eigenvalue weighted by Crippen LogP contribution is 2.15. The SMILES string of the molecule is CCCCCn1c(=O)n(CCCc2nnc(Cc3ccc(F)cc3F)o2)c(=O)c2[nH]c(Cl)nc21. The summed E-state index contributed by atoms with van der Waals surface area (Å²) in [6.07, 6.45) is 3.41. The van der Waals surface area contributed by atoms with Crippen LogP contribution >= 0.6 is 11.6 Å². The molecule has 0 saturated carbocycles. The van der Waals surface area contributed by atoms with E-state index in [2.05, 4.69) is 27.1 Å². The maximum atomic E-state index is 13.8. The summed E-state index contributed by atoms with van der Waals surface area (Å²) >= 11 is 5.96. The van der Waals surface area contributed by atoms with Crippen molar-refractivity contribution in [2.24, 2.45) is 0 Å². The van der Waals surface area contributed by atoms with Gasteiger partial charge in [-0.1, -0.05) is 25.8 Å². The lowest BCUT2D eigenvalue weighted by Gasteiger charge is -2.10. The third-order valence-corrected chi connectivity index (χ3v) is 5.63. The molecule has 0 unspecified atom stereocenters. The predicted molar refractivity (Wildman–Crippen MR) is 121 cm³/mol. The number of aromatic nitrogens is 6. The number of aryl methyl sites for hydroxylation is 2. The topological polar surface area (TPSA) is 112 Å². The normalized spacial score (nSPS) is 11.5. The minimum Gasteiger partial charge on any atom is -0.425 e. The molecule has 4 rings (SSSR count). The number of benzene rings is 1. The third-order valence-electron chi connectivity index (χ3n) is 5.46. The number of aromatic amines is 1. The number of H-pyrrole nitrogens is 1. The lowest BCUT2D eigenvalue weighted by molar-refractivity contribution is 0.438. The lowest BCUT2D eigenvalue weighted by atomic mass is 10.1. The highest BCUT2D eigenvalue weighted by molar-refractivity contribution is 6.28. The van der Waals surface area contributed by atoms with Gasteiger partial charge in [0.05, 0.1) is 6.42 Å². The molecule has 0 saturated heterocycles. The molecular formula is C22H23ClF2N6O3. The van der Waals surface area contributed by atoms with Crippen molar-refractivity contribution in [1.29, 1.82) is 0 Å². The number of rotatable bonds is 10. The first-order chi connectivity index (χ1) is 16.4. The zero-order valence-corrected chi connectivity index (χ0v) is 19.2. The number of nitrogens with one attached hydrogen (secondary N) is 1. The van der Waals surface area contributed by atoms with Gasteiger partial charge in [-0.15, -0.1) is 10.2 Å². The van der Waals surface area contributed by atoms with Gasteiger partial charge in [0.15, 0.2) is 11.2 Å². The minimum atomic E-state index is -0.691. The van der Waals surface area contributed by atoms with Gasteiger partial charge in [0.2, 0.25) is 17.1 Å². The Morgan fingerprint density at radius 1 is 1.06 bits per heavy atom. The Balaban J connectivity index is 1.47. The largest absolute Gasteiger partial charge is 0.425 e. The van der Waals surface area contributed by atoms with Crippen LogP contribution in [0, 0.1) is 11.6 Å². The van der Waals surface area contributed by atoms with Gasteiger partial charge in [-0.2, -0.15) is 4.98 Å². The monoisotopic (exact) mass is 492 g/mol. The second-order valence-electron chi connectivity index (χ2n) is 7.93. The Bertz CT molecular complexity index is 1420. The molecule has 0 atom stereocenters. The van der Waals surface area contributed by atoms with E-state index >= 15 is 0 Å². The number of fused-ring (bicyclic) bond motifs is 1. The summed E-state index contributed by atoms with van der Waals surface area (Å²) in [4.78, 5) is 32.7. The summed E-state index contributed by atoms with van der Waals surface area (Å²) in [6.45, 7) is 2.61. The number of imidazole rings is 1. The van der Waals surface area contributed by atoms with Crippen molar-refractivity contribution in [2.45, 2.75) is 58.5 Å². The average Bonchev–Trinajstić information content (AvgIpc) is 3.41. The summed E-state index contributed by atoms with van der Waals surface area (Å²) in [5.41, 5.74) is -0.276. The molecule has 0 fully saturated rings. The van der Waals surface area contributed by atoms with Gasteiger partial charge in [-0.05, 0) is 36.1 Å². The van der Waals surface area contributed by atoms with E-state index in [4.69, 9.17) is 16.0 Å². The van der Waals surface area contributed by atoms with Crippen LogP contribution in [0.1, 0.15) is 50.0 Å². The first kappa shape index (κ1) is 23.8. The van der Waals surface area contributed by atoms with E-state index in [1.807, 2.05) is 0 Å².